The molecule has 2 aliphatic rings. The lowest BCUT2D eigenvalue weighted by Crippen LogP contribution is -2.41. The van der Waals surface area contributed by atoms with Crippen molar-refractivity contribution in [3.63, 3.8) is 0 Å². The Morgan fingerprint density at radius 1 is 1.21 bits per heavy atom. The Balaban J connectivity index is 1.69. The van der Waals surface area contributed by atoms with Gasteiger partial charge in [-0.3, -0.25) is 4.79 Å². The van der Waals surface area contributed by atoms with Crippen LogP contribution in [-0.2, 0) is 4.74 Å². The van der Waals surface area contributed by atoms with E-state index in [9.17, 15) is 10.1 Å². The van der Waals surface area contributed by atoms with Crippen molar-refractivity contribution < 1.29 is 19.0 Å². The second kappa shape index (κ2) is 10.3. The molecule has 4 rings (SSSR count). The number of nitrogens with one attached hydrogen (secondary N) is 2. The monoisotopic (exact) mass is 464 g/mol. The molecule has 1 aromatic carbocycles. The smallest absolute Gasteiger partial charge is 0.257 e. The molecule has 0 unspecified atom stereocenters. The van der Waals surface area contributed by atoms with Gasteiger partial charge in [0.05, 0.1) is 35.7 Å². The average Bonchev–Trinajstić information content (AvgIpc) is 2.86. The quantitative estimate of drug-likeness (QED) is 0.551. The number of carbonyl (C=O) groups is 1. The van der Waals surface area contributed by atoms with Gasteiger partial charge in [0.25, 0.3) is 5.91 Å². The van der Waals surface area contributed by atoms with E-state index in [1.807, 2.05) is 19.9 Å². The third-order valence-electron chi connectivity index (χ3n) is 5.60. The number of anilines is 3. The van der Waals surface area contributed by atoms with Gasteiger partial charge in [0.2, 0.25) is 0 Å². The third-order valence-corrected chi connectivity index (χ3v) is 5.60. The molecule has 10 heteroatoms. The number of nitrogens with two attached hydrogens (primary N) is 1. The molecule has 3 heterocycles. The molecule has 0 radical (unpaired) electrons. The van der Waals surface area contributed by atoms with Gasteiger partial charge < -0.3 is 35.5 Å². The first-order valence-corrected chi connectivity index (χ1v) is 11.2. The van der Waals surface area contributed by atoms with Gasteiger partial charge in [-0.25, -0.2) is 4.98 Å². The van der Waals surface area contributed by atoms with Gasteiger partial charge in [0.15, 0.2) is 11.5 Å². The molecular formula is C24H28N6O4. The van der Waals surface area contributed by atoms with Crippen molar-refractivity contribution in [3.05, 3.63) is 41.2 Å². The van der Waals surface area contributed by atoms with Crippen LogP contribution in [-0.4, -0.2) is 61.9 Å². The molecule has 4 N–H and O–H groups in total. The molecule has 1 saturated heterocycles. The Bertz CT molecular complexity index is 1150. The van der Waals surface area contributed by atoms with Crippen LogP contribution in [0.5, 0.6) is 11.5 Å². The molecule has 178 valence electrons. The summed E-state index contributed by atoms with van der Waals surface area (Å²) in [4.78, 5) is 19.5. The van der Waals surface area contributed by atoms with Crippen molar-refractivity contribution >= 4 is 28.7 Å². The van der Waals surface area contributed by atoms with Gasteiger partial charge in [0.1, 0.15) is 25.1 Å². The summed E-state index contributed by atoms with van der Waals surface area (Å²) in [6.45, 7) is 7.30. The van der Waals surface area contributed by atoms with Crippen LogP contribution in [0.3, 0.4) is 0 Å². The van der Waals surface area contributed by atoms with E-state index in [-0.39, 0.29) is 5.91 Å². The standard InChI is InChI=1S/C24H28N6O4/c1-3-27-19-12-20(28-15(2)21(19)16(13-25)14-26)29-18-5-4-17(22-23(18)34-11-10-33-22)24(31)30-6-8-32-9-7-30/h4-5,12-13H,3,6-11,25H2,1-2H3,(H2,27,28,29)/b16-13-. The number of carbonyl (C=O) groups excluding carboxylic acids is 1. The zero-order chi connectivity index (χ0) is 24.1. The SMILES string of the molecule is CCNc1cc(Nc2ccc(C(=O)N3CCOCC3)c3c2OCCO3)nc(C)c1/C(C#N)=C\N. The van der Waals surface area contributed by atoms with Crippen molar-refractivity contribution in [2.45, 2.75) is 13.8 Å². The maximum Gasteiger partial charge on any atom is 0.257 e. The largest absolute Gasteiger partial charge is 0.485 e. The number of allylic oxidation sites excluding steroid dienone is 1. The fourth-order valence-corrected chi connectivity index (χ4v) is 4.06. The van der Waals surface area contributed by atoms with Crippen LogP contribution in [0, 0.1) is 18.3 Å². The number of pyridine rings is 1. The van der Waals surface area contributed by atoms with Gasteiger partial charge in [-0.1, -0.05) is 0 Å². The number of aromatic nitrogens is 1. The van der Waals surface area contributed by atoms with Crippen LogP contribution in [0.25, 0.3) is 5.57 Å². The van der Waals surface area contributed by atoms with Crippen molar-refractivity contribution in [2.75, 3.05) is 56.7 Å². The first-order chi connectivity index (χ1) is 16.6. The van der Waals surface area contributed by atoms with Gasteiger partial charge in [0, 0.05) is 43.2 Å². The van der Waals surface area contributed by atoms with Crippen molar-refractivity contribution in [3.8, 4) is 17.6 Å². The minimum absolute atomic E-state index is 0.109. The lowest BCUT2D eigenvalue weighted by atomic mass is 10.0. The number of morpholine rings is 1. The van der Waals surface area contributed by atoms with Crippen molar-refractivity contribution in [1.29, 1.82) is 5.26 Å². The zero-order valence-corrected chi connectivity index (χ0v) is 19.3. The number of benzene rings is 1. The van der Waals surface area contributed by atoms with E-state index < -0.39 is 0 Å². The maximum atomic E-state index is 13.1. The molecule has 0 aliphatic carbocycles. The predicted molar refractivity (Wildman–Crippen MR) is 128 cm³/mol. The van der Waals surface area contributed by atoms with E-state index in [0.29, 0.717) is 91.5 Å². The number of nitriles is 1. The highest BCUT2D eigenvalue weighted by Gasteiger charge is 2.28. The molecule has 34 heavy (non-hydrogen) atoms. The van der Waals surface area contributed by atoms with Crippen LogP contribution in [0.15, 0.2) is 24.4 Å². The second-order valence-electron chi connectivity index (χ2n) is 7.78. The lowest BCUT2D eigenvalue weighted by molar-refractivity contribution is 0.0298. The number of ether oxygens (including phenoxy) is 3. The highest BCUT2D eigenvalue weighted by atomic mass is 16.6. The van der Waals surface area contributed by atoms with E-state index in [2.05, 4.69) is 21.7 Å². The lowest BCUT2D eigenvalue weighted by Gasteiger charge is -2.29. The molecule has 0 spiro atoms. The molecule has 1 amide bonds. The van der Waals surface area contributed by atoms with Crippen LogP contribution < -0.4 is 25.8 Å². The van der Waals surface area contributed by atoms with Crippen molar-refractivity contribution in [2.24, 2.45) is 5.73 Å². The van der Waals surface area contributed by atoms with Crippen LogP contribution in [0.2, 0.25) is 0 Å². The Morgan fingerprint density at radius 3 is 2.62 bits per heavy atom. The molecule has 0 saturated carbocycles. The Hall–Kier alpha value is -3.97. The minimum atomic E-state index is -0.109. The van der Waals surface area contributed by atoms with Gasteiger partial charge >= 0.3 is 0 Å². The topological polar surface area (TPSA) is 135 Å². The minimum Gasteiger partial charge on any atom is -0.485 e. The van der Waals surface area contributed by atoms with E-state index in [0.717, 1.165) is 5.69 Å². The molecule has 2 aromatic rings. The maximum absolute atomic E-state index is 13.1. The first-order valence-electron chi connectivity index (χ1n) is 11.2. The summed E-state index contributed by atoms with van der Waals surface area (Å²) < 4.78 is 17.1. The van der Waals surface area contributed by atoms with Gasteiger partial charge in [-0.05, 0) is 26.0 Å². The number of aryl methyl sites for hydroxylation is 1. The normalized spacial score (nSPS) is 15.4. The molecule has 10 nitrogen and oxygen atoms in total. The van der Waals surface area contributed by atoms with E-state index in [1.165, 1.54) is 6.20 Å². The number of hydrogen-bond acceptors (Lipinski definition) is 9. The summed E-state index contributed by atoms with van der Waals surface area (Å²) in [6.07, 6.45) is 1.28. The number of amides is 1. The van der Waals surface area contributed by atoms with Gasteiger partial charge in [-0.15, -0.1) is 0 Å². The Labute approximate surface area is 198 Å². The highest BCUT2D eigenvalue weighted by Crippen LogP contribution is 2.42. The number of hydrogen-bond donors (Lipinski definition) is 3. The molecule has 0 atom stereocenters. The molecule has 0 bridgehead atoms. The molecule has 1 aromatic heterocycles. The average molecular weight is 465 g/mol. The summed E-state index contributed by atoms with van der Waals surface area (Å²) in [5, 5.41) is 16.0. The third kappa shape index (κ3) is 4.56. The van der Waals surface area contributed by atoms with E-state index in [4.69, 9.17) is 19.9 Å². The summed E-state index contributed by atoms with van der Waals surface area (Å²) in [5.41, 5.74) is 9.12. The summed E-state index contributed by atoms with van der Waals surface area (Å²) in [7, 11) is 0. The zero-order valence-electron chi connectivity index (χ0n) is 19.3. The Morgan fingerprint density at radius 2 is 1.94 bits per heavy atom. The summed E-state index contributed by atoms with van der Waals surface area (Å²) >= 11 is 0. The summed E-state index contributed by atoms with van der Waals surface area (Å²) in [5.74, 6) is 1.33. The van der Waals surface area contributed by atoms with Gasteiger partial charge in [-0.2, -0.15) is 5.26 Å². The van der Waals surface area contributed by atoms with E-state index >= 15 is 0 Å². The van der Waals surface area contributed by atoms with Crippen LogP contribution in [0.1, 0.15) is 28.5 Å². The number of rotatable bonds is 6. The molecule has 2 aliphatic heterocycles. The van der Waals surface area contributed by atoms with E-state index in [1.54, 1.807) is 17.0 Å². The second-order valence-corrected chi connectivity index (χ2v) is 7.78. The summed E-state index contributed by atoms with van der Waals surface area (Å²) in [6, 6.07) is 7.46. The van der Waals surface area contributed by atoms with Crippen molar-refractivity contribution in [1.82, 2.24) is 9.88 Å². The number of fused-ring (bicyclic) bond motifs is 1. The fourth-order valence-electron chi connectivity index (χ4n) is 4.06. The number of nitrogens with zero attached hydrogens (tertiary/aromatic N) is 3. The first kappa shape index (κ1) is 23.2. The Kier molecular flexibility index (Phi) is 7.04. The highest BCUT2D eigenvalue weighted by molar-refractivity contribution is 5.99. The fraction of sp³-hybridized carbons (Fsp3) is 0.375. The van der Waals surface area contributed by atoms with Crippen LogP contribution >= 0.6 is 0 Å². The predicted octanol–water partition coefficient (Wildman–Crippen LogP) is 2.63. The molecule has 1 fully saturated rings. The van der Waals surface area contributed by atoms with Crippen LogP contribution in [0.4, 0.5) is 17.2 Å². The molecular weight excluding hydrogens is 436 g/mol.